The number of aromatic nitrogens is 5. The van der Waals surface area contributed by atoms with Crippen molar-refractivity contribution in [3.05, 3.63) is 55.2 Å². The first-order valence-corrected chi connectivity index (χ1v) is 6.82. The third kappa shape index (κ3) is 2.01. The summed E-state index contributed by atoms with van der Waals surface area (Å²) in [6.45, 7) is 0. The van der Waals surface area contributed by atoms with E-state index in [0.717, 1.165) is 28.2 Å². The molecule has 3 heterocycles. The Morgan fingerprint density at radius 2 is 1.73 bits per heavy atom. The first kappa shape index (κ1) is 12.6. The van der Waals surface area contributed by atoms with Gasteiger partial charge in [0.2, 0.25) is 0 Å². The second kappa shape index (κ2) is 4.70. The summed E-state index contributed by atoms with van der Waals surface area (Å²) in [5.74, 6) is 0.246. The molecule has 6 heteroatoms. The van der Waals surface area contributed by atoms with E-state index in [2.05, 4.69) is 15.1 Å². The highest BCUT2D eigenvalue weighted by molar-refractivity contribution is 5.66. The molecule has 0 unspecified atom stereocenters. The topological polar surface area (TPSA) is 68.2 Å². The Bertz CT molecular complexity index is 952. The Morgan fingerprint density at radius 1 is 0.909 bits per heavy atom. The second-order valence-electron chi connectivity index (χ2n) is 5.09. The van der Waals surface area contributed by atoms with Crippen molar-refractivity contribution < 1.29 is 5.11 Å². The highest BCUT2D eigenvalue weighted by atomic mass is 16.3. The molecule has 0 amide bonds. The summed E-state index contributed by atoms with van der Waals surface area (Å²) >= 11 is 0. The second-order valence-corrected chi connectivity index (χ2v) is 5.09. The first-order chi connectivity index (χ1) is 10.7. The number of phenolic OH excluding ortho intramolecular Hbond substituents is 1. The van der Waals surface area contributed by atoms with Crippen LogP contribution in [0.3, 0.4) is 0 Å². The molecule has 1 N–H and O–H groups in total. The molecule has 1 aromatic carbocycles. The van der Waals surface area contributed by atoms with E-state index in [1.807, 2.05) is 36.0 Å². The van der Waals surface area contributed by atoms with Crippen molar-refractivity contribution in [1.82, 2.24) is 24.1 Å². The predicted molar refractivity (Wildman–Crippen MR) is 82.3 cm³/mol. The third-order valence-electron chi connectivity index (χ3n) is 3.56. The van der Waals surface area contributed by atoms with Gasteiger partial charge in [0.05, 0.1) is 30.0 Å². The van der Waals surface area contributed by atoms with E-state index < -0.39 is 0 Å². The Morgan fingerprint density at radius 3 is 2.45 bits per heavy atom. The summed E-state index contributed by atoms with van der Waals surface area (Å²) < 4.78 is 3.73. The minimum absolute atomic E-state index is 0.246. The lowest BCUT2D eigenvalue weighted by Gasteiger charge is -2.04. The van der Waals surface area contributed by atoms with Crippen LogP contribution in [-0.2, 0) is 7.05 Å². The summed E-state index contributed by atoms with van der Waals surface area (Å²) in [4.78, 5) is 8.81. The third-order valence-corrected chi connectivity index (χ3v) is 3.56. The van der Waals surface area contributed by atoms with Crippen molar-refractivity contribution in [3.8, 4) is 28.3 Å². The molecule has 0 saturated carbocycles. The quantitative estimate of drug-likeness (QED) is 0.616. The maximum atomic E-state index is 9.42. The average molecular weight is 291 g/mol. The van der Waals surface area contributed by atoms with Gasteiger partial charge in [0.25, 0.3) is 0 Å². The van der Waals surface area contributed by atoms with Crippen molar-refractivity contribution in [2.45, 2.75) is 0 Å². The zero-order valence-corrected chi connectivity index (χ0v) is 11.9. The molecule has 0 saturated heterocycles. The van der Waals surface area contributed by atoms with Crippen LogP contribution >= 0.6 is 0 Å². The molecule has 0 fully saturated rings. The van der Waals surface area contributed by atoms with Crippen molar-refractivity contribution in [1.29, 1.82) is 0 Å². The van der Waals surface area contributed by atoms with Crippen LogP contribution < -0.4 is 0 Å². The number of benzene rings is 1. The Hall–Kier alpha value is -3.15. The molecule has 0 aliphatic carbocycles. The zero-order chi connectivity index (χ0) is 15.1. The average Bonchev–Trinajstić information content (AvgIpc) is 3.14. The van der Waals surface area contributed by atoms with Gasteiger partial charge in [0.15, 0.2) is 5.65 Å². The first-order valence-electron chi connectivity index (χ1n) is 6.82. The molecule has 0 atom stereocenters. The van der Waals surface area contributed by atoms with Gasteiger partial charge in [-0.1, -0.05) is 0 Å². The van der Waals surface area contributed by atoms with Crippen LogP contribution in [0, 0.1) is 0 Å². The molecule has 0 bridgehead atoms. The molecule has 22 heavy (non-hydrogen) atoms. The molecule has 0 spiro atoms. The van der Waals surface area contributed by atoms with Crippen molar-refractivity contribution in [2.75, 3.05) is 0 Å². The number of aromatic hydroxyl groups is 1. The van der Waals surface area contributed by atoms with Gasteiger partial charge in [-0.3, -0.25) is 14.1 Å². The van der Waals surface area contributed by atoms with Gasteiger partial charge in [0, 0.05) is 30.6 Å². The van der Waals surface area contributed by atoms with E-state index >= 15 is 0 Å². The highest BCUT2D eigenvalue weighted by Crippen LogP contribution is 2.24. The van der Waals surface area contributed by atoms with Crippen LogP contribution in [0.25, 0.3) is 28.2 Å². The van der Waals surface area contributed by atoms with Crippen LogP contribution in [0.5, 0.6) is 5.75 Å². The van der Waals surface area contributed by atoms with Gasteiger partial charge in [-0.2, -0.15) is 5.10 Å². The van der Waals surface area contributed by atoms with Crippen molar-refractivity contribution in [3.63, 3.8) is 0 Å². The molecular weight excluding hydrogens is 278 g/mol. The number of rotatable bonds is 2. The summed E-state index contributed by atoms with van der Waals surface area (Å²) in [5.41, 5.74) is 4.49. The monoisotopic (exact) mass is 291 g/mol. The number of nitrogens with zero attached hydrogens (tertiary/aromatic N) is 5. The van der Waals surface area contributed by atoms with Crippen LogP contribution in [0.1, 0.15) is 0 Å². The van der Waals surface area contributed by atoms with Gasteiger partial charge >= 0.3 is 0 Å². The van der Waals surface area contributed by atoms with E-state index in [1.165, 1.54) is 0 Å². The lowest BCUT2D eigenvalue weighted by molar-refractivity contribution is 0.475. The maximum Gasteiger partial charge on any atom is 0.155 e. The number of hydrogen-bond acceptors (Lipinski definition) is 4. The van der Waals surface area contributed by atoms with Crippen LogP contribution in [0.4, 0.5) is 0 Å². The van der Waals surface area contributed by atoms with Gasteiger partial charge in [-0.05, 0) is 24.3 Å². The molecule has 6 nitrogen and oxygen atoms in total. The smallest absolute Gasteiger partial charge is 0.155 e. The molecule has 3 aromatic heterocycles. The van der Waals surface area contributed by atoms with Crippen LogP contribution in [0.2, 0.25) is 0 Å². The van der Waals surface area contributed by atoms with E-state index in [9.17, 15) is 5.11 Å². The number of phenols is 1. The standard InChI is InChI=1S/C16H13N5O/c1-20-9-12(6-19-20)14-10-21-15(7-18-16(21)8-17-14)11-2-4-13(22)5-3-11/h2-10,22H,1H3. The number of hydrogen-bond donors (Lipinski definition) is 1. The minimum Gasteiger partial charge on any atom is -0.508 e. The summed E-state index contributed by atoms with van der Waals surface area (Å²) in [7, 11) is 1.88. The lowest BCUT2D eigenvalue weighted by Crippen LogP contribution is -1.92. The number of aryl methyl sites for hydroxylation is 1. The zero-order valence-electron chi connectivity index (χ0n) is 11.9. The van der Waals surface area contributed by atoms with Crippen LogP contribution in [0.15, 0.2) is 55.2 Å². The molecule has 108 valence electrons. The molecule has 4 rings (SSSR count). The normalized spacial score (nSPS) is 11.1. The van der Waals surface area contributed by atoms with Crippen molar-refractivity contribution in [2.24, 2.45) is 7.05 Å². The van der Waals surface area contributed by atoms with Gasteiger partial charge < -0.3 is 5.11 Å². The fraction of sp³-hybridized carbons (Fsp3) is 0.0625. The summed E-state index contributed by atoms with van der Waals surface area (Å²) in [5, 5.41) is 13.6. The van der Waals surface area contributed by atoms with Crippen LogP contribution in [-0.4, -0.2) is 29.3 Å². The lowest BCUT2D eigenvalue weighted by atomic mass is 10.1. The number of imidazole rings is 1. The van der Waals surface area contributed by atoms with Crippen molar-refractivity contribution >= 4 is 5.65 Å². The fourth-order valence-electron chi connectivity index (χ4n) is 2.44. The molecule has 4 aromatic rings. The molecule has 0 aliphatic heterocycles. The van der Waals surface area contributed by atoms with Gasteiger partial charge in [0.1, 0.15) is 5.75 Å². The molecular formula is C16H13N5O. The summed E-state index contributed by atoms with van der Waals surface area (Å²) in [6.07, 6.45) is 9.20. The van der Waals surface area contributed by atoms with E-state index in [0.29, 0.717) is 0 Å². The van der Waals surface area contributed by atoms with Gasteiger partial charge in [-0.15, -0.1) is 0 Å². The SMILES string of the molecule is Cn1cc(-c2cn3c(-c4ccc(O)cc4)cnc3cn2)cn1. The van der Waals surface area contributed by atoms with E-state index in [4.69, 9.17) is 0 Å². The minimum atomic E-state index is 0.246. The Balaban J connectivity index is 1.88. The molecule has 0 aliphatic rings. The van der Waals surface area contributed by atoms with E-state index in [1.54, 1.807) is 35.4 Å². The highest BCUT2D eigenvalue weighted by Gasteiger charge is 2.09. The molecule has 0 radical (unpaired) electrons. The van der Waals surface area contributed by atoms with Gasteiger partial charge in [-0.25, -0.2) is 4.98 Å². The predicted octanol–water partition coefficient (Wildman–Crippen LogP) is 2.50. The van der Waals surface area contributed by atoms with E-state index in [-0.39, 0.29) is 5.75 Å². The largest absolute Gasteiger partial charge is 0.508 e. The summed E-state index contributed by atoms with van der Waals surface area (Å²) in [6, 6.07) is 7.06. The Labute approximate surface area is 126 Å². The maximum absolute atomic E-state index is 9.42. The fourth-order valence-corrected chi connectivity index (χ4v) is 2.44. The number of fused-ring (bicyclic) bond motifs is 1. The Kier molecular flexibility index (Phi) is 2.69.